The Morgan fingerprint density at radius 1 is 1.16 bits per heavy atom. The number of halogens is 3. The molecule has 1 saturated carbocycles. The Hall–Kier alpha value is -2.42. The molecule has 14 nitrogen and oxygen atoms in total. The molecule has 1 amide bonds. The van der Waals surface area contributed by atoms with Gasteiger partial charge in [-0.3, -0.25) is 28.6 Å². The monoisotopic (exact) mass is 767 g/mol. The van der Waals surface area contributed by atoms with Crippen LogP contribution in [0.1, 0.15) is 93.2 Å². The number of fused-ring (bicyclic) bond motifs is 1. The third-order valence-corrected chi connectivity index (χ3v) is 15.4. The van der Waals surface area contributed by atoms with E-state index in [-0.39, 0.29) is 42.0 Å². The Labute approximate surface area is 297 Å². The lowest BCUT2D eigenvalue weighted by molar-refractivity contribution is -0.206. The van der Waals surface area contributed by atoms with E-state index in [1.807, 2.05) is 47.7 Å². The number of nitrogens with one attached hydrogen (secondary N) is 2. The van der Waals surface area contributed by atoms with Gasteiger partial charge in [-0.15, -0.1) is 0 Å². The van der Waals surface area contributed by atoms with E-state index < -0.39 is 71.0 Å². The van der Waals surface area contributed by atoms with Crippen molar-refractivity contribution in [3.05, 3.63) is 16.7 Å². The first-order chi connectivity index (χ1) is 23.6. The van der Waals surface area contributed by atoms with Gasteiger partial charge in [0.15, 0.2) is 37.4 Å². The number of unbranched alkanes of at least 4 members (excludes halogenated alkanes) is 2. The molecule has 2 fully saturated rings. The number of rotatable bonds is 17. The lowest BCUT2D eigenvalue weighted by Crippen LogP contribution is -2.63. The Morgan fingerprint density at radius 3 is 2.33 bits per heavy atom. The van der Waals surface area contributed by atoms with Crippen LogP contribution in [0.5, 0.6) is 0 Å². The van der Waals surface area contributed by atoms with Crippen LogP contribution in [0.15, 0.2) is 11.1 Å². The molecule has 51 heavy (non-hydrogen) atoms. The second-order valence-corrected chi connectivity index (χ2v) is 21.4. The van der Waals surface area contributed by atoms with E-state index in [9.17, 15) is 31.2 Å². The SMILES string of the molecule is CCCCOC[C@@]1(C2(O[Si](C)(C)C(C)(C)C)CC2)O[C@@H](n2cnc3c(=O)[nH]c(NC(=O)C(C)C)nc32)C(OS(=O)(=O)C(F)(F)F)C1OCCCC. The summed E-state index contributed by atoms with van der Waals surface area (Å²) in [6, 6.07) is 0. The summed E-state index contributed by atoms with van der Waals surface area (Å²) in [5, 5.41) is 2.21. The molecule has 4 rings (SSSR count). The zero-order valence-electron chi connectivity index (χ0n) is 30.8. The molecular weight excluding hydrogens is 716 g/mol. The van der Waals surface area contributed by atoms with Crippen LogP contribution in [0.2, 0.25) is 18.1 Å². The highest BCUT2D eigenvalue weighted by atomic mass is 32.2. The molecule has 2 aliphatic rings. The summed E-state index contributed by atoms with van der Waals surface area (Å²) < 4.78 is 101. The van der Waals surface area contributed by atoms with Gasteiger partial charge < -0.3 is 18.6 Å². The Morgan fingerprint density at radius 2 is 1.78 bits per heavy atom. The van der Waals surface area contributed by atoms with Crippen molar-refractivity contribution in [3.8, 4) is 0 Å². The number of hydrogen-bond acceptors (Lipinski definition) is 11. The Bertz CT molecular complexity index is 1710. The standard InChI is InChI=1S/C32H52F3N5O9SSi/c1-10-12-16-45-18-31(30(14-15-30)49-51(8,9)29(5,6)7)23(46-17-13-11-2)22(48-50(43,44)32(33,34)35)27(47-31)40-19-36-21-24(40)37-28(39-26(21)42)38-25(41)20(3)4/h19-20,22-23,27H,10-18H2,1-9H3,(H2,37,38,39,41,42)/t22?,23?,27-,31-/m1/s1. The summed E-state index contributed by atoms with van der Waals surface area (Å²) in [6.07, 6.45) is -0.576. The Balaban J connectivity index is 1.99. The van der Waals surface area contributed by atoms with Crippen LogP contribution < -0.4 is 10.9 Å². The average Bonchev–Trinajstić information content (AvgIpc) is 3.55. The van der Waals surface area contributed by atoms with E-state index in [4.69, 9.17) is 22.8 Å². The summed E-state index contributed by atoms with van der Waals surface area (Å²) in [5.74, 6) is -1.20. The smallest absolute Gasteiger partial charge is 0.408 e. The predicted molar refractivity (Wildman–Crippen MR) is 185 cm³/mol. The van der Waals surface area contributed by atoms with Crippen molar-refractivity contribution in [2.45, 2.75) is 140 Å². The molecule has 4 atom stereocenters. The molecule has 2 unspecified atom stereocenters. The molecule has 0 radical (unpaired) electrons. The van der Waals surface area contributed by atoms with Crippen LogP contribution >= 0.6 is 0 Å². The van der Waals surface area contributed by atoms with Crippen molar-refractivity contribution in [3.63, 3.8) is 0 Å². The summed E-state index contributed by atoms with van der Waals surface area (Å²) in [4.78, 5) is 36.5. The van der Waals surface area contributed by atoms with E-state index in [0.717, 1.165) is 17.3 Å². The third kappa shape index (κ3) is 8.38. The van der Waals surface area contributed by atoms with E-state index in [0.29, 0.717) is 32.1 Å². The summed E-state index contributed by atoms with van der Waals surface area (Å²) in [6.45, 7) is 17.4. The van der Waals surface area contributed by atoms with Crippen molar-refractivity contribution < 1.29 is 49.2 Å². The third-order valence-electron chi connectivity index (χ3n) is 9.85. The van der Waals surface area contributed by atoms with Gasteiger partial charge in [-0.25, -0.2) is 4.98 Å². The number of aromatic nitrogens is 4. The number of anilines is 1. The normalized spacial score (nSPS) is 24.1. The van der Waals surface area contributed by atoms with Crippen molar-refractivity contribution >= 4 is 41.5 Å². The molecule has 0 bridgehead atoms. The van der Waals surface area contributed by atoms with Crippen molar-refractivity contribution in [2.24, 2.45) is 5.92 Å². The van der Waals surface area contributed by atoms with Gasteiger partial charge in [0, 0.05) is 19.1 Å². The van der Waals surface area contributed by atoms with Crippen LogP contribution in [0.25, 0.3) is 11.2 Å². The first-order valence-corrected chi connectivity index (χ1v) is 21.7. The topological polar surface area (TPSA) is 173 Å². The molecule has 290 valence electrons. The van der Waals surface area contributed by atoms with E-state index in [1.54, 1.807) is 13.8 Å². The maximum Gasteiger partial charge on any atom is 0.523 e. The van der Waals surface area contributed by atoms with Crippen LogP contribution in [-0.2, 0) is 37.7 Å². The van der Waals surface area contributed by atoms with Gasteiger partial charge >= 0.3 is 15.6 Å². The Kier molecular flexibility index (Phi) is 12.3. The number of imidazole rings is 1. The molecule has 2 aromatic rings. The van der Waals surface area contributed by atoms with E-state index >= 15 is 0 Å². The fourth-order valence-electron chi connectivity index (χ4n) is 5.75. The minimum Gasteiger partial charge on any atom is -0.408 e. The molecule has 2 N–H and O–H groups in total. The van der Waals surface area contributed by atoms with E-state index in [1.165, 1.54) is 0 Å². The van der Waals surface area contributed by atoms with Gasteiger partial charge in [0.25, 0.3) is 5.56 Å². The van der Waals surface area contributed by atoms with Crippen LogP contribution in [0.4, 0.5) is 19.1 Å². The zero-order chi connectivity index (χ0) is 38.2. The highest BCUT2D eigenvalue weighted by molar-refractivity contribution is 7.87. The second-order valence-electron chi connectivity index (χ2n) is 15.1. The summed E-state index contributed by atoms with van der Waals surface area (Å²) in [7, 11) is -8.87. The minimum absolute atomic E-state index is 0.0318. The molecule has 1 saturated heterocycles. The van der Waals surface area contributed by atoms with Crippen LogP contribution in [0, 0.1) is 5.92 Å². The van der Waals surface area contributed by atoms with Crippen molar-refractivity contribution in [1.82, 2.24) is 19.5 Å². The highest BCUT2D eigenvalue weighted by Crippen LogP contribution is 2.61. The second kappa shape index (κ2) is 15.1. The molecular formula is C32H52F3N5O9SSi. The fraction of sp³-hybridized carbons (Fsp3) is 0.812. The summed E-state index contributed by atoms with van der Waals surface area (Å²) in [5.41, 5.74) is -9.84. The molecule has 1 aliphatic heterocycles. The number of ether oxygens (including phenoxy) is 3. The van der Waals surface area contributed by atoms with Gasteiger partial charge in [0.1, 0.15) is 6.10 Å². The maximum atomic E-state index is 14.1. The number of alkyl halides is 3. The lowest BCUT2D eigenvalue weighted by atomic mass is 9.87. The zero-order valence-corrected chi connectivity index (χ0v) is 32.6. The van der Waals surface area contributed by atoms with Gasteiger partial charge in [-0.05, 0) is 43.8 Å². The lowest BCUT2D eigenvalue weighted by Gasteiger charge is -2.47. The van der Waals surface area contributed by atoms with Crippen molar-refractivity contribution in [2.75, 3.05) is 25.1 Å². The quantitative estimate of drug-likeness (QED) is 0.0866. The maximum absolute atomic E-state index is 14.1. The molecule has 0 spiro atoms. The number of carbonyl (C=O) groups is 1. The fourth-order valence-corrected chi connectivity index (χ4v) is 8.00. The van der Waals surface area contributed by atoms with E-state index in [2.05, 4.69) is 20.3 Å². The molecule has 0 aromatic carbocycles. The first-order valence-electron chi connectivity index (χ1n) is 17.4. The number of nitrogens with zero attached hydrogens (tertiary/aromatic N) is 3. The van der Waals surface area contributed by atoms with Gasteiger partial charge in [0.05, 0.1) is 18.5 Å². The molecule has 3 heterocycles. The number of H-pyrrole nitrogens is 1. The minimum atomic E-state index is -6.24. The summed E-state index contributed by atoms with van der Waals surface area (Å²) >= 11 is 0. The average molecular weight is 768 g/mol. The number of hydrogen-bond donors (Lipinski definition) is 2. The number of amides is 1. The highest BCUT2D eigenvalue weighted by Gasteiger charge is 2.74. The van der Waals surface area contributed by atoms with Crippen LogP contribution in [0.3, 0.4) is 0 Å². The van der Waals surface area contributed by atoms with Gasteiger partial charge in [-0.1, -0.05) is 61.3 Å². The van der Waals surface area contributed by atoms with Crippen molar-refractivity contribution in [1.29, 1.82) is 0 Å². The predicted octanol–water partition coefficient (Wildman–Crippen LogP) is 5.77. The molecule has 2 aromatic heterocycles. The molecule has 1 aliphatic carbocycles. The number of carbonyl (C=O) groups excluding carboxylic acids is 1. The van der Waals surface area contributed by atoms with Crippen LogP contribution in [-0.4, -0.2) is 90.9 Å². The largest absolute Gasteiger partial charge is 0.523 e. The number of aromatic amines is 1. The van der Waals surface area contributed by atoms with Gasteiger partial charge in [0.2, 0.25) is 11.9 Å². The first kappa shape index (κ1) is 41.3. The molecule has 19 heteroatoms. The van der Waals surface area contributed by atoms with Gasteiger partial charge in [-0.2, -0.15) is 26.6 Å².